The standard InChI is InChI=1S/C14H23N3O6/c1-14(2)20-7-8-11(23-14)10(18)12(13(21-8)16-17-15)22-9-5-3-4-6-19-9/h8-13,18H,3-7H2,1-2H3/t8-,9?,10+,11-,12-,13-/m1/s1. The Morgan fingerprint density at radius 3 is 2.87 bits per heavy atom. The van der Waals surface area contributed by atoms with Crippen LogP contribution in [0, 0.1) is 0 Å². The minimum Gasteiger partial charge on any atom is -0.387 e. The van der Waals surface area contributed by atoms with E-state index in [9.17, 15) is 5.11 Å². The Labute approximate surface area is 134 Å². The largest absolute Gasteiger partial charge is 0.387 e. The number of ether oxygens (including phenoxy) is 5. The second kappa shape index (κ2) is 6.90. The Balaban J connectivity index is 1.75. The van der Waals surface area contributed by atoms with Crippen molar-refractivity contribution in [3.63, 3.8) is 0 Å². The van der Waals surface area contributed by atoms with Crippen molar-refractivity contribution in [2.45, 2.75) is 75.8 Å². The number of azide groups is 1. The fourth-order valence-corrected chi connectivity index (χ4v) is 3.12. The Kier molecular flexibility index (Phi) is 5.07. The SMILES string of the molecule is CC1(C)OC[C@H]2O[C@@H](N=[N+]=[N-])[C@H](OC3CCCCO3)[C@@H](O)[C@@H]2O1. The summed E-state index contributed by atoms with van der Waals surface area (Å²) < 4.78 is 28.4. The molecule has 3 aliphatic heterocycles. The number of fused-ring (bicyclic) bond motifs is 1. The molecule has 130 valence electrons. The lowest BCUT2D eigenvalue weighted by Gasteiger charge is -2.49. The number of rotatable bonds is 3. The number of hydrogen-bond donors (Lipinski definition) is 1. The van der Waals surface area contributed by atoms with Crippen molar-refractivity contribution in [1.82, 2.24) is 0 Å². The first-order valence-electron chi connectivity index (χ1n) is 7.97. The van der Waals surface area contributed by atoms with Crippen LogP contribution in [0.2, 0.25) is 0 Å². The highest BCUT2D eigenvalue weighted by atomic mass is 16.7. The first-order valence-corrected chi connectivity index (χ1v) is 7.97. The molecule has 0 bridgehead atoms. The molecular formula is C14H23N3O6. The quantitative estimate of drug-likeness (QED) is 0.476. The van der Waals surface area contributed by atoms with Crippen molar-refractivity contribution >= 4 is 0 Å². The number of hydrogen-bond acceptors (Lipinski definition) is 7. The maximum Gasteiger partial charge on any atom is 0.165 e. The molecule has 1 unspecified atom stereocenters. The number of nitrogens with zero attached hydrogens (tertiary/aromatic N) is 3. The minimum absolute atomic E-state index is 0.249. The Bertz CT molecular complexity index is 463. The van der Waals surface area contributed by atoms with Crippen LogP contribution in [0.25, 0.3) is 10.4 Å². The summed E-state index contributed by atoms with van der Waals surface area (Å²) in [7, 11) is 0. The molecule has 0 amide bonds. The third-order valence-electron chi connectivity index (χ3n) is 4.26. The summed E-state index contributed by atoms with van der Waals surface area (Å²) in [6, 6.07) is 0. The molecule has 0 aromatic carbocycles. The predicted octanol–water partition coefficient (Wildman–Crippen LogP) is 1.45. The molecule has 0 aromatic heterocycles. The third-order valence-corrected chi connectivity index (χ3v) is 4.26. The van der Waals surface area contributed by atoms with Gasteiger partial charge in [0.2, 0.25) is 0 Å². The molecule has 3 rings (SSSR count). The van der Waals surface area contributed by atoms with Crippen LogP contribution in [0.5, 0.6) is 0 Å². The highest BCUT2D eigenvalue weighted by molar-refractivity contribution is 4.96. The molecule has 0 radical (unpaired) electrons. The van der Waals surface area contributed by atoms with Crippen LogP contribution in [0.4, 0.5) is 0 Å². The van der Waals surface area contributed by atoms with Gasteiger partial charge in [-0.15, -0.1) is 0 Å². The van der Waals surface area contributed by atoms with Gasteiger partial charge < -0.3 is 28.8 Å². The van der Waals surface area contributed by atoms with Gasteiger partial charge in [-0.1, -0.05) is 5.11 Å². The van der Waals surface area contributed by atoms with E-state index in [0.717, 1.165) is 19.3 Å². The molecule has 23 heavy (non-hydrogen) atoms. The van der Waals surface area contributed by atoms with Crippen LogP contribution in [0.15, 0.2) is 5.11 Å². The van der Waals surface area contributed by atoms with Crippen molar-refractivity contribution in [3.8, 4) is 0 Å². The summed E-state index contributed by atoms with van der Waals surface area (Å²) in [5, 5.41) is 14.3. The Morgan fingerprint density at radius 2 is 2.17 bits per heavy atom. The number of aliphatic hydroxyl groups excluding tert-OH is 1. The summed E-state index contributed by atoms with van der Waals surface area (Å²) in [5.74, 6) is -0.817. The minimum atomic E-state index is -1.00. The molecule has 0 aromatic rings. The van der Waals surface area contributed by atoms with Gasteiger partial charge in [-0.3, -0.25) is 0 Å². The van der Waals surface area contributed by atoms with E-state index in [1.165, 1.54) is 0 Å². The van der Waals surface area contributed by atoms with E-state index in [4.69, 9.17) is 29.2 Å². The highest BCUT2D eigenvalue weighted by Gasteiger charge is 2.51. The van der Waals surface area contributed by atoms with E-state index in [2.05, 4.69) is 10.0 Å². The molecule has 9 heteroatoms. The van der Waals surface area contributed by atoms with Crippen LogP contribution in [0.3, 0.4) is 0 Å². The predicted molar refractivity (Wildman–Crippen MR) is 77.2 cm³/mol. The second-order valence-corrected chi connectivity index (χ2v) is 6.45. The van der Waals surface area contributed by atoms with Crippen LogP contribution < -0.4 is 0 Å². The molecule has 6 atom stereocenters. The van der Waals surface area contributed by atoms with Crippen molar-refractivity contribution in [1.29, 1.82) is 0 Å². The summed E-state index contributed by atoms with van der Waals surface area (Å²) in [6.45, 7) is 4.41. The van der Waals surface area contributed by atoms with Gasteiger partial charge in [-0.25, -0.2) is 0 Å². The van der Waals surface area contributed by atoms with Gasteiger partial charge in [0.05, 0.1) is 6.61 Å². The number of aliphatic hydroxyl groups is 1. The van der Waals surface area contributed by atoms with Crippen LogP contribution in [0.1, 0.15) is 33.1 Å². The van der Waals surface area contributed by atoms with E-state index in [1.54, 1.807) is 13.8 Å². The lowest BCUT2D eigenvalue weighted by Crippen LogP contribution is -2.65. The van der Waals surface area contributed by atoms with Gasteiger partial charge in [-0.2, -0.15) is 0 Å². The summed E-state index contributed by atoms with van der Waals surface area (Å²) >= 11 is 0. The van der Waals surface area contributed by atoms with E-state index in [0.29, 0.717) is 6.61 Å². The Morgan fingerprint density at radius 1 is 1.35 bits per heavy atom. The fourth-order valence-electron chi connectivity index (χ4n) is 3.12. The Hall–Kier alpha value is -0.930. The van der Waals surface area contributed by atoms with Crippen LogP contribution >= 0.6 is 0 Å². The van der Waals surface area contributed by atoms with Crippen molar-refractivity contribution < 1.29 is 28.8 Å². The van der Waals surface area contributed by atoms with Gasteiger partial charge in [0.25, 0.3) is 0 Å². The van der Waals surface area contributed by atoms with Gasteiger partial charge >= 0.3 is 0 Å². The zero-order chi connectivity index (χ0) is 16.4. The first kappa shape index (κ1) is 16.9. The summed E-state index contributed by atoms with van der Waals surface area (Å²) in [5.41, 5.74) is 8.75. The van der Waals surface area contributed by atoms with E-state index in [1.807, 2.05) is 0 Å². The average molecular weight is 329 g/mol. The van der Waals surface area contributed by atoms with Crippen molar-refractivity contribution in [3.05, 3.63) is 10.4 Å². The molecule has 3 heterocycles. The summed E-state index contributed by atoms with van der Waals surface area (Å²) in [4.78, 5) is 2.79. The van der Waals surface area contributed by atoms with E-state index < -0.39 is 42.7 Å². The van der Waals surface area contributed by atoms with Crippen LogP contribution in [-0.4, -0.2) is 61.0 Å². The molecule has 3 aliphatic rings. The van der Waals surface area contributed by atoms with Gasteiger partial charge in [0, 0.05) is 11.5 Å². The normalized spacial score (nSPS) is 43.3. The second-order valence-electron chi connectivity index (χ2n) is 6.45. The van der Waals surface area contributed by atoms with Crippen molar-refractivity contribution in [2.24, 2.45) is 5.11 Å². The lowest BCUT2D eigenvalue weighted by molar-refractivity contribution is -0.368. The highest BCUT2D eigenvalue weighted by Crippen LogP contribution is 2.35. The first-order chi connectivity index (χ1) is 11.0. The molecule has 3 fully saturated rings. The van der Waals surface area contributed by atoms with Gasteiger partial charge in [-0.05, 0) is 38.6 Å². The van der Waals surface area contributed by atoms with E-state index in [-0.39, 0.29) is 6.61 Å². The molecular weight excluding hydrogens is 306 g/mol. The van der Waals surface area contributed by atoms with Crippen LogP contribution in [-0.2, 0) is 23.7 Å². The molecule has 0 aliphatic carbocycles. The van der Waals surface area contributed by atoms with Crippen molar-refractivity contribution in [2.75, 3.05) is 13.2 Å². The average Bonchev–Trinajstić information content (AvgIpc) is 2.53. The summed E-state index contributed by atoms with van der Waals surface area (Å²) in [6.07, 6.45) is -1.65. The third kappa shape index (κ3) is 3.77. The van der Waals surface area contributed by atoms with Gasteiger partial charge in [0.1, 0.15) is 24.4 Å². The molecule has 0 saturated carbocycles. The van der Waals surface area contributed by atoms with E-state index >= 15 is 0 Å². The molecule has 3 saturated heterocycles. The lowest BCUT2D eigenvalue weighted by atomic mass is 9.96. The maximum absolute atomic E-state index is 10.7. The zero-order valence-corrected chi connectivity index (χ0v) is 13.3. The monoisotopic (exact) mass is 329 g/mol. The fraction of sp³-hybridized carbons (Fsp3) is 1.00. The molecule has 9 nitrogen and oxygen atoms in total. The topological polar surface area (TPSA) is 115 Å². The zero-order valence-electron chi connectivity index (χ0n) is 13.3. The molecule has 0 spiro atoms. The smallest absolute Gasteiger partial charge is 0.165 e. The maximum atomic E-state index is 10.7. The van der Waals surface area contributed by atoms with Gasteiger partial charge in [0.15, 0.2) is 18.3 Å². The molecule has 1 N–H and O–H groups in total.